The lowest BCUT2D eigenvalue weighted by molar-refractivity contribution is -0.0328. The molecule has 0 N–H and O–H groups in total. The first-order chi connectivity index (χ1) is 9.88. The third-order valence-corrected chi connectivity index (χ3v) is 2.65. The Bertz CT molecular complexity index is 532. The summed E-state index contributed by atoms with van der Waals surface area (Å²) in [7, 11) is 0. The quantitative estimate of drug-likeness (QED) is 0.549. The van der Waals surface area contributed by atoms with Crippen molar-refractivity contribution in [1.29, 1.82) is 0 Å². The highest BCUT2D eigenvalue weighted by atomic mass is 16.7. The molecular formula is C18H18O2. The lowest BCUT2D eigenvalue weighted by atomic mass is 10.2. The summed E-state index contributed by atoms with van der Waals surface area (Å²) in [5, 5.41) is 0. The maximum absolute atomic E-state index is 5.64. The van der Waals surface area contributed by atoms with Gasteiger partial charge in [0.25, 0.3) is 0 Å². The van der Waals surface area contributed by atoms with Crippen LogP contribution in [0.25, 0.3) is 6.08 Å². The molecule has 2 rings (SSSR count). The normalized spacial score (nSPS) is 12.2. The van der Waals surface area contributed by atoms with Crippen LogP contribution in [0.4, 0.5) is 0 Å². The van der Waals surface area contributed by atoms with E-state index in [1.807, 2.05) is 72.8 Å². The zero-order valence-electron chi connectivity index (χ0n) is 11.3. The van der Waals surface area contributed by atoms with Crippen LogP contribution >= 0.6 is 0 Å². The minimum absolute atomic E-state index is 0.446. The van der Waals surface area contributed by atoms with Crippen molar-refractivity contribution in [3.05, 3.63) is 85.0 Å². The van der Waals surface area contributed by atoms with Crippen molar-refractivity contribution >= 4 is 6.08 Å². The summed E-state index contributed by atoms with van der Waals surface area (Å²) in [5.41, 5.74) is 1.15. The van der Waals surface area contributed by atoms with E-state index < -0.39 is 6.29 Å². The van der Waals surface area contributed by atoms with Crippen LogP contribution in [-0.4, -0.2) is 12.9 Å². The van der Waals surface area contributed by atoms with E-state index in [1.54, 1.807) is 6.08 Å². The summed E-state index contributed by atoms with van der Waals surface area (Å²) in [6, 6.07) is 19.7. The first-order valence-electron chi connectivity index (χ1n) is 6.56. The monoisotopic (exact) mass is 266 g/mol. The van der Waals surface area contributed by atoms with E-state index in [2.05, 4.69) is 6.58 Å². The Kier molecular flexibility index (Phi) is 5.62. The summed E-state index contributed by atoms with van der Waals surface area (Å²) in [5.74, 6) is 0.768. The molecule has 0 bridgehead atoms. The van der Waals surface area contributed by atoms with Crippen LogP contribution in [0.15, 0.2) is 79.4 Å². The molecule has 0 aromatic heterocycles. The van der Waals surface area contributed by atoms with E-state index in [1.165, 1.54) is 0 Å². The Hall–Kier alpha value is -2.32. The molecule has 0 saturated heterocycles. The van der Waals surface area contributed by atoms with Crippen LogP contribution in [0, 0.1) is 0 Å². The van der Waals surface area contributed by atoms with Crippen LogP contribution in [0.5, 0.6) is 5.75 Å². The average Bonchev–Trinajstić information content (AvgIpc) is 2.52. The van der Waals surface area contributed by atoms with Crippen molar-refractivity contribution in [3.63, 3.8) is 0 Å². The predicted molar refractivity (Wildman–Crippen MR) is 82.5 cm³/mol. The number of para-hydroxylation sites is 1. The van der Waals surface area contributed by atoms with Crippen LogP contribution in [0.2, 0.25) is 0 Å². The fourth-order valence-corrected chi connectivity index (χ4v) is 1.68. The SMILES string of the molecule is C=C[C@@H](OC/C=C/c1ccccc1)Oc1ccccc1. The lowest BCUT2D eigenvalue weighted by Gasteiger charge is -2.14. The van der Waals surface area contributed by atoms with Gasteiger partial charge in [-0.25, -0.2) is 0 Å². The maximum atomic E-state index is 5.64. The Morgan fingerprint density at radius 3 is 2.25 bits per heavy atom. The number of benzene rings is 2. The summed E-state index contributed by atoms with van der Waals surface area (Å²) < 4.78 is 11.2. The standard InChI is InChI=1S/C18H18O2/c1-2-18(20-17-13-7-4-8-14-17)19-15-9-12-16-10-5-3-6-11-16/h2-14,18H,1,15H2/b12-9+/t18-/m0/s1. The van der Waals surface area contributed by atoms with Crippen molar-refractivity contribution in [2.75, 3.05) is 6.61 Å². The highest BCUT2D eigenvalue weighted by molar-refractivity contribution is 5.48. The molecule has 0 unspecified atom stereocenters. The first-order valence-corrected chi connectivity index (χ1v) is 6.56. The van der Waals surface area contributed by atoms with Gasteiger partial charge in [0.05, 0.1) is 6.61 Å². The highest BCUT2D eigenvalue weighted by Crippen LogP contribution is 2.12. The van der Waals surface area contributed by atoms with Crippen molar-refractivity contribution in [1.82, 2.24) is 0 Å². The third-order valence-electron chi connectivity index (χ3n) is 2.65. The fraction of sp³-hybridized carbons (Fsp3) is 0.111. The Morgan fingerprint density at radius 2 is 1.60 bits per heavy atom. The molecule has 0 heterocycles. The molecule has 0 aliphatic rings. The lowest BCUT2D eigenvalue weighted by Crippen LogP contribution is -2.17. The van der Waals surface area contributed by atoms with Crippen LogP contribution in [0.1, 0.15) is 5.56 Å². The van der Waals surface area contributed by atoms with Gasteiger partial charge in [0, 0.05) is 0 Å². The Labute approximate surface area is 120 Å². The molecule has 20 heavy (non-hydrogen) atoms. The van der Waals surface area contributed by atoms with Crippen molar-refractivity contribution in [2.45, 2.75) is 6.29 Å². The minimum Gasteiger partial charge on any atom is -0.461 e. The van der Waals surface area contributed by atoms with Crippen molar-refractivity contribution < 1.29 is 9.47 Å². The van der Waals surface area contributed by atoms with Gasteiger partial charge in [-0.3, -0.25) is 0 Å². The molecule has 0 radical (unpaired) electrons. The first kappa shape index (κ1) is 14.1. The Morgan fingerprint density at radius 1 is 0.950 bits per heavy atom. The predicted octanol–water partition coefficient (Wildman–Crippen LogP) is 4.31. The molecule has 2 aromatic carbocycles. The van der Waals surface area contributed by atoms with Crippen molar-refractivity contribution in [3.8, 4) is 5.75 Å². The zero-order chi connectivity index (χ0) is 14.0. The Balaban J connectivity index is 1.79. The van der Waals surface area contributed by atoms with E-state index >= 15 is 0 Å². The van der Waals surface area contributed by atoms with Gasteiger partial charge in [-0.1, -0.05) is 67.3 Å². The van der Waals surface area contributed by atoms with Crippen LogP contribution in [0.3, 0.4) is 0 Å². The number of hydrogen-bond donors (Lipinski definition) is 0. The highest BCUT2D eigenvalue weighted by Gasteiger charge is 2.04. The summed E-state index contributed by atoms with van der Waals surface area (Å²) in [6.07, 6.45) is 5.17. The summed E-state index contributed by atoms with van der Waals surface area (Å²) in [6.45, 7) is 4.19. The van der Waals surface area contributed by atoms with E-state index in [4.69, 9.17) is 9.47 Å². The molecule has 0 spiro atoms. The van der Waals surface area contributed by atoms with E-state index in [9.17, 15) is 0 Å². The molecule has 2 nitrogen and oxygen atoms in total. The topological polar surface area (TPSA) is 18.5 Å². The van der Waals surface area contributed by atoms with Gasteiger partial charge >= 0.3 is 0 Å². The van der Waals surface area contributed by atoms with Gasteiger partial charge in [0.15, 0.2) is 0 Å². The van der Waals surface area contributed by atoms with E-state index in [0.717, 1.165) is 11.3 Å². The number of rotatable bonds is 7. The molecule has 0 fully saturated rings. The average molecular weight is 266 g/mol. The molecule has 0 aliphatic heterocycles. The molecule has 1 atom stereocenters. The van der Waals surface area contributed by atoms with Gasteiger partial charge in [0.1, 0.15) is 5.75 Å². The largest absolute Gasteiger partial charge is 0.461 e. The summed E-state index contributed by atoms with van der Waals surface area (Å²) in [4.78, 5) is 0. The zero-order valence-corrected chi connectivity index (χ0v) is 11.3. The number of ether oxygens (including phenoxy) is 2. The van der Waals surface area contributed by atoms with Gasteiger partial charge in [-0.15, -0.1) is 0 Å². The van der Waals surface area contributed by atoms with E-state index in [0.29, 0.717) is 6.61 Å². The van der Waals surface area contributed by atoms with Gasteiger partial charge in [-0.05, 0) is 23.8 Å². The van der Waals surface area contributed by atoms with E-state index in [-0.39, 0.29) is 0 Å². The van der Waals surface area contributed by atoms with Gasteiger partial charge in [-0.2, -0.15) is 0 Å². The molecular weight excluding hydrogens is 248 g/mol. The molecule has 102 valence electrons. The van der Waals surface area contributed by atoms with Crippen LogP contribution < -0.4 is 4.74 Å². The molecule has 0 amide bonds. The van der Waals surface area contributed by atoms with Crippen molar-refractivity contribution in [2.24, 2.45) is 0 Å². The number of hydrogen-bond acceptors (Lipinski definition) is 2. The molecule has 2 aromatic rings. The molecule has 2 heteroatoms. The molecule has 0 aliphatic carbocycles. The second kappa shape index (κ2) is 7.97. The minimum atomic E-state index is -0.446. The smallest absolute Gasteiger partial charge is 0.219 e. The molecule has 0 saturated carbocycles. The second-order valence-corrected chi connectivity index (χ2v) is 4.18. The van der Waals surface area contributed by atoms with Gasteiger partial charge < -0.3 is 9.47 Å². The third kappa shape index (κ3) is 4.75. The van der Waals surface area contributed by atoms with Crippen LogP contribution in [-0.2, 0) is 4.74 Å². The second-order valence-electron chi connectivity index (χ2n) is 4.18. The van der Waals surface area contributed by atoms with Gasteiger partial charge in [0.2, 0.25) is 6.29 Å². The maximum Gasteiger partial charge on any atom is 0.219 e. The fourth-order valence-electron chi connectivity index (χ4n) is 1.68. The summed E-state index contributed by atoms with van der Waals surface area (Å²) >= 11 is 0.